The minimum atomic E-state index is -2.40. The van der Waals surface area contributed by atoms with Gasteiger partial charge in [-0.25, -0.2) is 14.4 Å². The molecule has 0 radical (unpaired) electrons. The summed E-state index contributed by atoms with van der Waals surface area (Å²) in [6, 6.07) is 9.22. The number of aliphatic hydroxyl groups is 3. The van der Waals surface area contributed by atoms with Crippen molar-refractivity contribution < 1.29 is 76.9 Å². The summed E-state index contributed by atoms with van der Waals surface area (Å²) >= 11 is 0. The van der Waals surface area contributed by atoms with Crippen molar-refractivity contribution in [1.29, 1.82) is 0 Å². The number of aliphatic hydroxyl groups excluding tert-OH is 2. The lowest BCUT2D eigenvalue weighted by Crippen LogP contribution is -2.82. The average Bonchev–Trinajstić information content (AvgIpc) is 3.94. The zero-order valence-corrected chi connectivity index (χ0v) is 35.8. The first kappa shape index (κ1) is 44.9. The second-order valence-corrected chi connectivity index (χ2v) is 18.4. The molecule has 1 saturated heterocycles. The highest BCUT2D eigenvalue weighted by molar-refractivity contribution is 5.96. The predicted octanol–water partition coefficient (Wildman–Crippen LogP) is 3.67. The smallest absolute Gasteiger partial charge is 0.407 e. The van der Waals surface area contributed by atoms with E-state index in [0.717, 1.165) is 6.92 Å². The van der Waals surface area contributed by atoms with Crippen molar-refractivity contribution in [3.63, 3.8) is 0 Å². The molecule has 2 bridgehead atoms. The summed E-state index contributed by atoms with van der Waals surface area (Å²) in [6.45, 7) is 10.6. The summed E-state index contributed by atoms with van der Waals surface area (Å²) in [4.78, 5) is 83.7. The lowest BCUT2D eigenvalue weighted by Gasteiger charge is -2.67. The molecular weight excluding hydrogens is 810 g/mol. The number of hydrogen-bond acceptors (Lipinski definition) is 16. The van der Waals surface area contributed by atoms with Gasteiger partial charge in [-0.3, -0.25) is 14.4 Å². The third-order valence-corrected chi connectivity index (χ3v) is 13.5. The number of carbonyl (C=O) groups excluding carboxylic acids is 6. The maximum Gasteiger partial charge on any atom is 0.407 e. The summed E-state index contributed by atoms with van der Waals surface area (Å²) in [5.74, 6) is -6.67. The van der Waals surface area contributed by atoms with Gasteiger partial charge < -0.3 is 53.5 Å². The largest absolute Gasteiger partial charge is 0.467 e. The third kappa shape index (κ3) is 7.60. The summed E-state index contributed by atoms with van der Waals surface area (Å²) < 4.78 is 41.2. The molecule has 0 spiro atoms. The van der Waals surface area contributed by atoms with Crippen LogP contribution in [0.1, 0.15) is 96.3 Å². The topological polar surface area (TPSA) is 244 Å². The SMILES string of the molecule is CC(=O)O[C@@]12CO[C@@H]1C[C@H](O)[C@@]1(C)C(=O)[C@H](OC(=O)C3CC3)C3=C(C)[C@@H](OC(=O)[C@H](O)[C@@H](NC(=O)OCC(C)C)c4ccco4)C[C@@](O)([C@@H](OC(=O)c4ccccc4)[C@H]21)C3(C)C. The lowest BCUT2D eigenvalue weighted by atomic mass is 9.44. The van der Waals surface area contributed by atoms with Gasteiger partial charge in [0.2, 0.25) is 0 Å². The first-order valence-electron chi connectivity index (χ1n) is 21.0. The van der Waals surface area contributed by atoms with E-state index in [2.05, 4.69) is 5.32 Å². The second kappa shape index (κ2) is 16.5. The number of carbonyl (C=O) groups is 6. The molecule has 5 aliphatic rings. The van der Waals surface area contributed by atoms with E-state index < -0.39 is 119 Å². The molecule has 2 aromatic rings. The molecule has 2 heterocycles. The number of benzene rings is 1. The summed E-state index contributed by atoms with van der Waals surface area (Å²) in [5.41, 5.74) is -7.65. The fourth-order valence-electron chi connectivity index (χ4n) is 9.91. The molecule has 17 heteroatoms. The molecule has 7 rings (SSSR count). The number of rotatable bonds is 12. The van der Waals surface area contributed by atoms with Crippen LogP contribution < -0.4 is 5.32 Å². The van der Waals surface area contributed by atoms with Crippen molar-refractivity contribution >= 4 is 35.8 Å². The number of fused-ring (bicyclic) bond motifs is 5. The Morgan fingerprint density at radius 1 is 0.984 bits per heavy atom. The van der Waals surface area contributed by atoms with Gasteiger partial charge in [-0.1, -0.05) is 45.9 Å². The predicted molar refractivity (Wildman–Crippen MR) is 212 cm³/mol. The Labute approximate surface area is 358 Å². The highest BCUT2D eigenvalue weighted by Gasteiger charge is 2.78. The van der Waals surface area contributed by atoms with Crippen LogP contribution in [0.2, 0.25) is 0 Å². The van der Waals surface area contributed by atoms with Crippen LogP contribution in [0.25, 0.3) is 0 Å². The standard InChI is InChI=1S/C45H55NO16/c1-22(2)20-57-41(54)46-32(27-14-11-17-56-27)33(49)40(53)59-28-19-45(55)37(61-39(52)25-12-9-8-10-13-25)35-43(7,29(48)18-30-44(35,21-58-30)62-24(4)47)36(50)34(60-38(51)26-15-16-26)31(23(28)3)42(45,5)6/h8-14,17,22,26,28-30,32-35,37,48-49,55H,15-16,18-21H2,1-7H3,(H,46,54)/t28-,29-,30+,32-,33+,34+,35-,37-,43+,44-,45+/m0/s1. The summed E-state index contributed by atoms with van der Waals surface area (Å²) in [7, 11) is 0. The van der Waals surface area contributed by atoms with Crippen molar-refractivity contribution in [3.8, 4) is 0 Å². The van der Waals surface area contributed by atoms with E-state index >= 15 is 4.79 Å². The normalized spacial score (nSPS) is 33.2. The molecule has 62 heavy (non-hydrogen) atoms. The summed E-state index contributed by atoms with van der Waals surface area (Å²) in [5, 5.41) is 39.9. The van der Waals surface area contributed by atoms with Gasteiger partial charge in [0.05, 0.1) is 48.4 Å². The lowest BCUT2D eigenvalue weighted by molar-refractivity contribution is -0.346. The molecule has 1 aromatic carbocycles. The van der Waals surface area contributed by atoms with Gasteiger partial charge in [-0.05, 0) is 68.0 Å². The van der Waals surface area contributed by atoms with E-state index in [1.54, 1.807) is 32.0 Å². The number of hydrogen-bond donors (Lipinski definition) is 4. The molecule has 0 unspecified atom stereocenters. The quantitative estimate of drug-likeness (QED) is 0.135. The van der Waals surface area contributed by atoms with Gasteiger partial charge in [0, 0.05) is 25.2 Å². The number of amides is 1. The van der Waals surface area contributed by atoms with Crippen LogP contribution in [0.3, 0.4) is 0 Å². The van der Waals surface area contributed by atoms with Crippen LogP contribution in [0, 0.1) is 28.6 Å². The highest BCUT2D eigenvalue weighted by atomic mass is 16.6. The van der Waals surface area contributed by atoms with Crippen molar-refractivity contribution in [3.05, 3.63) is 71.2 Å². The van der Waals surface area contributed by atoms with Gasteiger partial charge >= 0.3 is 30.0 Å². The Morgan fingerprint density at radius 2 is 1.68 bits per heavy atom. The Morgan fingerprint density at radius 3 is 2.26 bits per heavy atom. The van der Waals surface area contributed by atoms with Gasteiger partial charge in [0.25, 0.3) is 0 Å². The van der Waals surface area contributed by atoms with Gasteiger partial charge in [0.15, 0.2) is 23.6 Å². The third-order valence-electron chi connectivity index (χ3n) is 13.5. The highest BCUT2D eigenvalue weighted by Crippen LogP contribution is 2.64. The number of ketones is 1. The average molecular weight is 866 g/mol. The molecule has 17 nitrogen and oxygen atoms in total. The fraction of sp³-hybridized carbons (Fsp3) is 0.600. The molecule has 1 amide bonds. The first-order valence-corrected chi connectivity index (χ1v) is 21.0. The molecule has 336 valence electrons. The fourth-order valence-corrected chi connectivity index (χ4v) is 9.91. The van der Waals surface area contributed by atoms with E-state index in [-0.39, 0.29) is 48.0 Å². The molecule has 4 N–H and O–H groups in total. The number of esters is 4. The van der Waals surface area contributed by atoms with Crippen LogP contribution in [0.5, 0.6) is 0 Å². The molecule has 1 aliphatic heterocycles. The van der Waals surface area contributed by atoms with Crippen molar-refractivity contribution in [2.45, 2.75) is 128 Å². The molecule has 4 aliphatic carbocycles. The molecular formula is C45H55NO16. The number of Topliss-reactive ketones (excluding diaryl/α,β-unsaturated/α-hetero) is 1. The molecule has 11 atom stereocenters. The van der Waals surface area contributed by atoms with E-state index in [4.69, 9.17) is 32.8 Å². The van der Waals surface area contributed by atoms with Gasteiger partial charge in [0.1, 0.15) is 35.7 Å². The monoisotopic (exact) mass is 865 g/mol. The van der Waals surface area contributed by atoms with Gasteiger partial charge in [-0.2, -0.15) is 0 Å². The van der Waals surface area contributed by atoms with E-state index in [1.165, 1.54) is 44.4 Å². The minimum absolute atomic E-state index is 0.0108. The number of ether oxygens (including phenoxy) is 6. The molecule has 1 aromatic heterocycles. The second-order valence-electron chi connectivity index (χ2n) is 18.4. The zero-order valence-electron chi connectivity index (χ0n) is 35.8. The Kier molecular flexibility index (Phi) is 12.0. The van der Waals surface area contributed by atoms with Crippen molar-refractivity contribution in [2.24, 2.45) is 28.6 Å². The van der Waals surface area contributed by atoms with Crippen LogP contribution in [0.15, 0.2) is 64.3 Å². The Balaban J connectivity index is 1.39. The number of nitrogens with one attached hydrogen (secondary N) is 1. The first-order chi connectivity index (χ1) is 29.2. The van der Waals surface area contributed by atoms with Crippen molar-refractivity contribution in [2.75, 3.05) is 13.2 Å². The molecule has 3 saturated carbocycles. The van der Waals surface area contributed by atoms with E-state index in [1.807, 2.05) is 13.8 Å². The van der Waals surface area contributed by atoms with E-state index in [9.17, 15) is 39.3 Å². The van der Waals surface area contributed by atoms with Crippen LogP contribution in [-0.2, 0) is 47.6 Å². The maximum absolute atomic E-state index is 15.7. The Hall–Kier alpha value is -5.10. The Bertz CT molecular complexity index is 2110. The zero-order chi connectivity index (χ0) is 45.1. The van der Waals surface area contributed by atoms with Crippen LogP contribution >= 0.6 is 0 Å². The van der Waals surface area contributed by atoms with Crippen molar-refractivity contribution in [1.82, 2.24) is 5.32 Å². The molecule has 4 fully saturated rings. The maximum atomic E-state index is 15.7. The number of alkyl carbamates (subject to hydrolysis) is 1. The summed E-state index contributed by atoms with van der Waals surface area (Å²) in [6.07, 6.45) is -9.30. The van der Waals surface area contributed by atoms with Crippen LogP contribution in [0.4, 0.5) is 4.79 Å². The van der Waals surface area contributed by atoms with E-state index in [0.29, 0.717) is 12.8 Å². The van der Waals surface area contributed by atoms with Crippen LogP contribution in [-0.4, -0.2) is 112 Å². The number of furan rings is 1. The van der Waals surface area contributed by atoms with Gasteiger partial charge in [-0.15, -0.1) is 0 Å². The minimum Gasteiger partial charge on any atom is -0.467 e.